The van der Waals surface area contributed by atoms with Gasteiger partial charge in [-0.2, -0.15) is 13.2 Å². The normalized spacial score (nSPS) is 12.6. The Morgan fingerprint density at radius 1 is 0.656 bits per heavy atom. The van der Waals surface area contributed by atoms with Crippen molar-refractivity contribution in [2.45, 2.75) is 11.1 Å². The molecule has 4 N–H and O–H groups in total. The van der Waals surface area contributed by atoms with E-state index in [0.717, 1.165) is 12.1 Å². The van der Waals surface area contributed by atoms with Crippen molar-refractivity contribution in [3.63, 3.8) is 0 Å². The van der Waals surface area contributed by atoms with Gasteiger partial charge in [-0.3, -0.25) is 0 Å². The second-order valence-electron chi connectivity index (χ2n) is 7.60. The highest BCUT2D eigenvalue weighted by atomic mass is 35.5. The molecule has 0 radical (unpaired) electrons. The third-order valence-corrected chi connectivity index (χ3v) is 6.31. The topological polar surface area (TPSA) is 72.0 Å². The lowest BCUT2D eigenvalue weighted by Crippen LogP contribution is -2.22. The van der Waals surface area contributed by atoms with E-state index in [4.69, 9.17) is 11.6 Å². The molecule has 2 heterocycles. The second kappa shape index (κ2) is 6.97. The Labute approximate surface area is 184 Å². The Balaban J connectivity index is 1.82. The first-order valence-electron chi connectivity index (χ1n) is 9.66. The molecule has 0 bridgehead atoms. The van der Waals surface area contributed by atoms with Crippen LogP contribution in [0.15, 0.2) is 73.1 Å². The molecule has 0 fully saturated rings. The summed E-state index contributed by atoms with van der Waals surface area (Å²) in [4.78, 5) is 4.80. The van der Waals surface area contributed by atoms with Crippen LogP contribution in [0.5, 0.6) is 11.5 Å². The van der Waals surface area contributed by atoms with Crippen molar-refractivity contribution >= 4 is 33.4 Å². The van der Waals surface area contributed by atoms with Crippen LogP contribution in [0.25, 0.3) is 21.8 Å². The summed E-state index contributed by atoms with van der Waals surface area (Å²) in [5.41, 5.74) is 2.13. The molecule has 0 atom stereocenters. The number of rotatable bonds is 3. The number of H-pyrrole nitrogens is 2. The van der Waals surface area contributed by atoms with Crippen LogP contribution in [-0.4, -0.2) is 20.2 Å². The molecule has 5 aromatic rings. The number of nitrogens with one attached hydrogen (secondary N) is 2. The number of aromatic hydroxyl groups is 2. The van der Waals surface area contributed by atoms with E-state index in [1.165, 1.54) is 24.3 Å². The predicted octanol–water partition coefficient (Wildman–Crippen LogP) is 6.61. The zero-order valence-electron chi connectivity index (χ0n) is 16.3. The number of benzene rings is 3. The standard InChI is InChI=1S/C24H16ClF3N2O2/c25-23(13-1-3-14(4-2-13)24(26,27)28,19-11-29-21-7-5-15(31)9-17(19)21)20-12-30-22-8-6-16(32)10-18(20)22/h1-12,29-32H. The molecule has 0 aliphatic rings. The van der Waals surface area contributed by atoms with Crippen LogP contribution >= 0.6 is 11.6 Å². The van der Waals surface area contributed by atoms with Crippen LogP contribution < -0.4 is 0 Å². The summed E-state index contributed by atoms with van der Waals surface area (Å²) in [7, 11) is 0. The Bertz CT molecular complexity index is 1370. The van der Waals surface area contributed by atoms with Gasteiger partial charge in [0.25, 0.3) is 0 Å². The average molecular weight is 457 g/mol. The Hall–Kier alpha value is -3.58. The molecule has 0 spiro atoms. The molecule has 32 heavy (non-hydrogen) atoms. The fourth-order valence-corrected chi connectivity index (χ4v) is 4.57. The molecule has 0 aliphatic carbocycles. The third-order valence-electron chi connectivity index (χ3n) is 5.68. The van der Waals surface area contributed by atoms with E-state index >= 15 is 0 Å². The fraction of sp³-hybridized carbons (Fsp3) is 0.0833. The van der Waals surface area contributed by atoms with Gasteiger partial charge in [0, 0.05) is 45.3 Å². The van der Waals surface area contributed by atoms with E-state index in [9.17, 15) is 23.4 Å². The average Bonchev–Trinajstić information content (AvgIpc) is 3.37. The SMILES string of the molecule is Oc1ccc2[nH]cc(C(Cl)(c3ccc(C(F)(F)F)cc3)c3c[nH]c4ccc(O)cc34)c2c1. The maximum absolute atomic E-state index is 13.2. The number of phenols is 2. The molecular formula is C24H16ClF3N2O2. The molecule has 5 rings (SSSR count). The van der Waals surface area contributed by atoms with Crippen molar-refractivity contribution in [2.75, 3.05) is 0 Å². The molecule has 0 saturated carbocycles. The van der Waals surface area contributed by atoms with E-state index in [-0.39, 0.29) is 11.5 Å². The van der Waals surface area contributed by atoms with Gasteiger partial charge in [-0.1, -0.05) is 12.1 Å². The van der Waals surface area contributed by atoms with E-state index in [1.54, 1.807) is 36.7 Å². The van der Waals surface area contributed by atoms with Crippen molar-refractivity contribution in [1.82, 2.24) is 9.97 Å². The lowest BCUT2D eigenvalue weighted by atomic mass is 9.83. The maximum atomic E-state index is 13.2. The van der Waals surface area contributed by atoms with Crippen molar-refractivity contribution < 1.29 is 23.4 Å². The van der Waals surface area contributed by atoms with Crippen LogP contribution in [0, 0.1) is 0 Å². The highest BCUT2D eigenvalue weighted by Gasteiger charge is 2.39. The van der Waals surface area contributed by atoms with Gasteiger partial charge in [-0.15, -0.1) is 11.6 Å². The number of phenolic OH excluding ortho intramolecular Hbond substituents is 2. The summed E-state index contributed by atoms with van der Waals surface area (Å²) in [5.74, 6) is 0.0581. The summed E-state index contributed by atoms with van der Waals surface area (Å²) >= 11 is 7.34. The number of aromatic nitrogens is 2. The van der Waals surface area contributed by atoms with Crippen molar-refractivity contribution in [2.24, 2.45) is 0 Å². The molecule has 8 heteroatoms. The van der Waals surface area contributed by atoms with Gasteiger partial charge in [0.1, 0.15) is 16.4 Å². The summed E-state index contributed by atoms with van der Waals surface area (Å²) in [6.45, 7) is 0. The van der Waals surface area contributed by atoms with Crippen LogP contribution in [-0.2, 0) is 11.1 Å². The molecule has 4 nitrogen and oxygen atoms in total. The first kappa shape index (κ1) is 20.3. The van der Waals surface area contributed by atoms with Gasteiger partial charge >= 0.3 is 6.18 Å². The lowest BCUT2D eigenvalue weighted by molar-refractivity contribution is -0.137. The second-order valence-corrected chi connectivity index (χ2v) is 8.17. The molecule has 162 valence electrons. The van der Waals surface area contributed by atoms with Gasteiger partial charge in [-0.05, 0) is 54.1 Å². The summed E-state index contributed by atoms with van der Waals surface area (Å²) in [5, 5.41) is 21.3. The largest absolute Gasteiger partial charge is 0.508 e. The van der Waals surface area contributed by atoms with Crippen LogP contribution in [0.4, 0.5) is 13.2 Å². The molecular weight excluding hydrogens is 441 g/mol. The summed E-state index contributed by atoms with van der Waals surface area (Å²) in [6, 6.07) is 14.2. The van der Waals surface area contributed by atoms with Crippen LogP contribution in [0.1, 0.15) is 22.3 Å². The summed E-state index contributed by atoms with van der Waals surface area (Å²) < 4.78 is 39.5. The number of fused-ring (bicyclic) bond motifs is 2. The quantitative estimate of drug-likeness (QED) is 0.231. The zero-order valence-corrected chi connectivity index (χ0v) is 17.1. The van der Waals surface area contributed by atoms with Gasteiger partial charge < -0.3 is 20.2 Å². The highest BCUT2D eigenvalue weighted by Crippen LogP contribution is 2.49. The van der Waals surface area contributed by atoms with Crippen LogP contribution in [0.2, 0.25) is 0 Å². The smallest absolute Gasteiger partial charge is 0.416 e. The van der Waals surface area contributed by atoms with E-state index in [1.807, 2.05) is 0 Å². The molecule has 0 aliphatic heterocycles. The van der Waals surface area contributed by atoms with Gasteiger partial charge in [0.05, 0.1) is 5.56 Å². The van der Waals surface area contributed by atoms with Crippen molar-refractivity contribution in [3.8, 4) is 11.5 Å². The van der Waals surface area contributed by atoms with E-state index in [2.05, 4.69) is 9.97 Å². The first-order valence-corrected chi connectivity index (χ1v) is 10.0. The van der Waals surface area contributed by atoms with Gasteiger partial charge in [0.2, 0.25) is 0 Å². The molecule has 0 saturated heterocycles. The molecule has 3 aromatic carbocycles. The lowest BCUT2D eigenvalue weighted by Gasteiger charge is -2.28. The first-order chi connectivity index (χ1) is 15.2. The number of alkyl halides is 4. The molecule has 0 unspecified atom stereocenters. The van der Waals surface area contributed by atoms with E-state index < -0.39 is 16.6 Å². The number of hydrogen-bond acceptors (Lipinski definition) is 2. The molecule has 0 amide bonds. The van der Waals surface area contributed by atoms with Crippen molar-refractivity contribution in [3.05, 3.63) is 95.3 Å². The monoisotopic (exact) mass is 456 g/mol. The number of hydrogen-bond donors (Lipinski definition) is 4. The van der Waals surface area contributed by atoms with Crippen LogP contribution in [0.3, 0.4) is 0 Å². The Kier molecular flexibility index (Phi) is 4.43. The Morgan fingerprint density at radius 3 is 1.53 bits per heavy atom. The van der Waals surface area contributed by atoms with Gasteiger partial charge in [0.15, 0.2) is 0 Å². The maximum Gasteiger partial charge on any atom is 0.416 e. The highest BCUT2D eigenvalue weighted by molar-refractivity contribution is 6.30. The number of halogens is 4. The zero-order chi connectivity index (χ0) is 22.7. The van der Waals surface area contributed by atoms with Gasteiger partial charge in [-0.25, -0.2) is 0 Å². The minimum atomic E-state index is -4.48. The fourth-order valence-electron chi connectivity index (χ4n) is 4.13. The molecule has 2 aromatic heterocycles. The Morgan fingerprint density at radius 2 is 1.09 bits per heavy atom. The van der Waals surface area contributed by atoms with Crippen molar-refractivity contribution in [1.29, 1.82) is 0 Å². The third kappa shape index (κ3) is 3.08. The summed E-state index contributed by atoms with van der Waals surface area (Å²) in [6.07, 6.45) is -1.13. The van der Waals surface area contributed by atoms with E-state index in [0.29, 0.717) is 38.5 Å². The minimum Gasteiger partial charge on any atom is -0.508 e. The number of aromatic amines is 2. The predicted molar refractivity (Wildman–Crippen MR) is 117 cm³/mol. The minimum absolute atomic E-state index is 0.0290.